The number of sulfonamides is 1. The molecule has 8 heteroatoms. The smallest absolute Gasteiger partial charge is 0.211 e. The molecule has 1 aliphatic heterocycles. The average molecular weight is 259 g/mol. The van der Waals surface area contributed by atoms with E-state index >= 15 is 0 Å². The Bertz CT molecular complexity index is 497. The molecule has 1 fully saturated rings. The molecular formula is C9H17N5O2S. The summed E-state index contributed by atoms with van der Waals surface area (Å²) in [6, 6.07) is 0.0240. The topological polar surface area (TPSA) is 81.0 Å². The minimum absolute atomic E-state index is 0.0378. The predicted molar refractivity (Wildman–Crippen MR) is 61.7 cm³/mol. The molecule has 0 radical (unpaired) electrons. The summed E-state index contributed by atoms with van der Waals surface area (Å²) in [4.78, 5) is 1.39. The second-order valence-corrected chi connectivity index (χ2v) is 6.46. The van der Waals surface area contributed by atoms with Gasteiger partial charge in [-0.2, -0.15) is 9.10 Å². The van der Waals surface area contributed by atoms with Gasteiger partial charge in [0.25, 0.3) is 0 Å². The number of tetrazole rings is 1. The third-order valence-electron chi connectivity index (χ3n) is 3.06. The van der Waals surface area contributed by atoms with Crippen molar-refractivity contribution in [3.05, 3.63) is 5.82 Å². The fourth-order valence-corrected chi connectivity index (χ4v) is 3.93. The Morgan fingerprint density at radius 3 is 2.65 bits per heavy atom. The molecule has 0 amide bonds. The van der Waals surface area contributed by atoms with Crippen LogP contribution in [0, 0.1) is 0 Å². The van der Waals surface area contributed by atoms with Gasteiger partial charge in [-0.15, -0.1) is 10.2 Å². The summed E-state index contributed by atoms with van der Waals surface area (Å²) in [5, 5.41) is 11.7. The normalized spacial score (nSPS) is 26.5. The molecule has 0 spiro atoms. The second kappa shape index (κ2) is 4.34. The van der Waals surface area contributed by atoms with Crippen LogP contribution in [0.1, 0.15) is 25.6 Å². The molecule has 0 aliphatic carbocycles. The molecular weight excluding hydrogens is 242 g/mol. The molecule has 17 heavy (non-hydrogen) atoms. The molecule has 1 aromatic rings. The van der Waals surface area contributed by atoms with E-state index in [1.165, 1.54) is 11.1 Å². The van der Waals surface area contributed by atoms with Crippen LogP contribution in [0.3, 0.4) is 0 Å². The fourth-order valence-electron chi connectivity index (χ4n) is 2.45. The Kier molecular flexibility index (Phi) is 3.17. The van der Waals surface area contributed by atoms with E-state index in [4.69, 9.17) is 0 Å². The third-order valence-corrected chi connectivity index (χ3v) is 4.49. The summed E-state index contributed by atoms with van der Waals surface area (Å²) in [6.45, 7) is 1.94. The molecule has 0 bridgehead atoms. The number of nitrogens with zero attached hydrogens (tertiary/aromatic N) is 5. The van der Waals surface area contributed by atoms with E-state index in [1.54, 1.807) is 11.4 Å². The lowest BCUT2D eigenvalue weighted by Gasteiger charge is -2.24. The van der Waals surface area contributed by atoms with E-state index in [0.717, 1.165) is 12.8 Å². The highest BCUT2D eigenvalue weighted by Crippen LogP contribution is 2.28. The molecule has 96 valence electrons. The molecule has 1 aromatic heterocycles. The van der Waals surface area contributed by atoms with Crippen LogP contribution >= 0.6 is 0 Å². The number of hydrogen-bond acceptors (Lipinski definition) is 5. The second-order valence-electron chi connectivity index (χ2n) is 4.57. The van der Waals surface area contributed by atoms with Gasteiger partial charge in [-0.25, -0.2) is 8.42 Å². The van der Waals surface area contributed by atoms with Crippen LogP contribution in [0.5, 0.6) is 0 Å². The van der Waals surface area contributed by atoms with Gasteiger partial charge in [0, 0.05) is 18.5 Å². The van der Waals surface area contributed by atoms with Crippen LogP contribution in [-0.4, -0.2) is 51.3 Å². The van der Waals surface area contributed by atoms with Gasteiger partial charge in [-0.05, 0) is 25.0 Å². The van der Waals surface area contributed by atoms with Crippen molar-refractivity contribution in [2.45, 2.75) is 38.3 Å². The number of rotatable bonds is 3. The van der Waals surface area contributed by atoms with Crippen molar-refractivity contribution in [2.24, 2.45) is 7.05 Å². The Morgan fingerprint density at radius 2 is 2.12 bits per heavy atom. The predicted octanol–water partition coefficient (Wildman–Crippen LogP) is -0.435. The standard InChI is InChI=1S/C9H17N5O2S/c1-7-4-5-8(14(7)17(3,15)16)6-9-10-12-13(2)11-9/h7-8H,4-6H2,1-3H3. The monoisotopic (exact) mass is 259 g/mol. The molecule has 0 N–H and O–H groups in total. The summed E-state index contributed by atoms with van der Waals surface area (Å²) in [7, 11) is -1.47. The zero-order valence-electron chi connectivity index (χ0n) is 10.2. The Balaban J connectivity index is 2.16. The molecule has 0 aromatic carbocycles. The zero-order chi connectivity index (χ0) is 12.6. The Labute approximate surface area is 101 Å². The van der Waals surface area contributed by atoms with E-state index in [9.17, 15) is 8.42 Å². The minimum atomic E-state index is -3.16. The zero-order valence-corrected chi connectivity index (χ0v) is 11.1. The van der Waals surface area contributed by atoms with Gasteiger partial charge in [0.15, 0.2) is 5.82 Å². The first-order valence-corrected chi connectivity index (χ1v) is 7.44. The van der Waals surface area contributed by atoms with Crippen LogP contribution in [-0.2, 0) is 23.5 Å². The first-order chi connectivity index (χ1) is 7.88. The van der Waals surface area contributed by atoms with Gasteiger partial charge < -0.3 is 0 Å². The van der Waals surface area contributed by atoms with Crippen molar-refractivity contribution < 1.29 is 8.42 Å². The van der Waals surface area contributed by atoms with Crippen molar-refractivity contribution in [3.8, 4) is 0 Å². The van der Waals surface area contributed by atoms with Gasteiger partial charge in [0.2, 0.25) is 10.0 Å². The molecule has 2 unspecified atom stereocenters. The molecule has 1 aliphatic rings. The summed E-state index contributed by atoms with van der Waals surface area (Å²) < 4.78 is 25.0. The number of aryl methyl sites for hydroxylation is 1. The molecule has 7 nitrogen and oxygen atoms in total. The maximum Gasteiger partial charge on any atom is 0.211 e. The summed E-state index contributed by atoms with van der Waals surface area (Å²) in [5.41, 5.74) is 0. The van der Waals surface area contributed by atoms with Gasteiger partial charge in [0.1, 0.15) is 0 Å². The quantitative estimate of drug-likeness (QED) is 0.735. The Morgan fingerprint density at radius 1 is 1.41 bits per heavy atom. The van der Waals surface area contributed by atoms with Crippen molar-refractivity contribution in [1.29, 1.82) is 0 Å². The lowest BCUT2D eigenvalue weighted by atomic mass is 10.1. The SMILES string of the molecule is CC1CCC(Cc2nnn(C)n2)N1S(C)(=O)=O. The van der Waals surface area contributed by atoms with E-state index in [-0.39, 0.29) is 12.1 Å². The van der Waals surface area contributed by atoms with E-state index in [0.29, 0.717) is 12.2 Å². The van der Waals surface area contributed by atoms with Gasteiger partial charge in [-0.3, -0.25) is 0 Å². The average Bonchev–Trinajstić information content (AvgIpc) is 2.73. The first-order valence-electron chi connectivity index (χ1n) is 5.59. The summed E-state index contributed by atoms with van der Waals surface area (Å²) >= 11 is 0. The van der Waals surface area contributed by atoms with Gasteiger partial charge >= 0.3 is 0 Å². The van der Waals surface area contributed by atoms with Crippen molar-refractivity contribution in [2.75, 3.05) is 6.26 Å². The van der Waals surface area contributed by atoms with E-state index < -0.39 is 10.0 Å². The van der Waals surface area contributed by atoms with Crippen molar-refractivity contribution >= 4 is 10.0 Å². The lowest BCUT2D eigenvalue weighted by Crippen LogP contribution is -2.40. The van der Waals surface area contributed by atoms with Gasteiger partial charge in [-0.1, -0.05) is 0 Å². The van der Waals surface area contributed by atoms with Crippen LogP contribution < -0.4 is 0 Å². The van der Waals surface area contributed by atoms with Crippen LogP contribution in [0.2, 0.25) is 0 Å². The molecule has 1 saturated heterocycles. The van der Waals surface area contributed by atoms with Crippen LogP contribution in [0.4, 0.5) is 0 Å². The van der Waals surface area contributed by atoms with E-state index in [2.05, 4.69) is 15.4 Å². The van der Waals surface area contributed by atoms with Crippen LogP contribution in [0.25, 0.3) is 0 Å². The van der Waals surface area contributed by atoms with Gasteiger partial charge in [0.05, 0.1) is 13.3 Å². The summed E-state index contributed by atoms with van der Waals surface area (Å²) in [5.74, 6) is 0.597. The maximum atomic E-state index is 11.7. The summed E-state index contributed by atoms with van der Waals surface area (Å²) in [6.07, 6.45) is 3.53. The maximum absolute atomic E-state index is 11.7. The first kappa shape index (κ1) is 12.4. The highest BCUT2D eigenvalue weighted by molar-refractivity contribution is 7.88. The molecule has 0 saturated carbocycles. The highest BCUT2D eigenvalue weighted by atomic mass is 32.2. The molecule has 2 rings (SSSR count). The van der Waals surface area contributed by atoms with E-state index in [1.807, 2.05) is 6.92 Å². The lowest BCUT2D eigenvalue weighted by molar-refractivity contribution is 0.332. The van der Waals surface area contributed by atoms with Crippen LogP contribution in [0.15, 0.2) is 0 Å². The largest absolute Gasteiger partial charge is 0.212 e. The highest BCUT2D eigenvalue weighted by Gasteiger charge is 2.37. The Hall–Kier alpha value is -1.02. The molecule has 2 atom stereocenters. The number of aromatic nitrogens is 4. The third kappa shape index (κ3) is 2.63. The molecule has 2 heterocycles. The fraction of sp³-hybridized carbons (Fsp3) is 0.889. The van der Waals surface area contributed by atoms with Crippen molar-refractivity contribution in [1.82, 2.24) is 24.5 Å². The van der Waals surface area contributed by atoms with Crippen molar-refractivity contribution in [3.63, 3.8) is 0 Å². The minimum Gasteiger partial charge on any atom is -0.212 e. The number of hydrogen-bond donors (Lipinski definition) is 0.